The van der Waals surface area contributed by atoms with Crippen molar-refractivity contribution in [1.82, 2.24) is 10.6 Å². The van der Waals surface area contributed by atoms with E-state index in [0.29, 0.717) is 95.3 Å². The monoisotopic (exact) mass is 1030 g/mol. The molecule has 0 aliphatic carbocycles. The summed E-state index contributed by atoms with van der Waals surface area (Å²) in [5.41, 5.74) is 1.96. The van der Waals surface area contributed by atoms with E-state index < -0.39 is 35.9 Å². The molecule has 20 nitrogen and oxygen atoms in total. The Morgan fingerprint density at radius 3 is 1.18 bits per heavy atom. The van der Waals surface area contributed by atoms with Crippen LogP contribution in [0.1, 0.15) is 65.5 Å². The number of carboxylic acids is 1. The predicted molar refractivity (Wildman–Crippen MR) is 269 cm³/mol. The predicted octanol–water partition coefficient (Wildman–Crippen LogP) is 5.38. The second-order valence-corrected chi connectivity index (χ2v) is 16.6. The van der Waals surface area contributed by atoms with Crippen LogP contribution in [0, 0.1) is 0 Å². The number of ether oxygens (including phenoxy) is 11. The van der Waals surface area contributed by atoms with E-state index in [1.807, 2.05) is 60.7 Å². The van der Waals surface area contributed by atoms with Crippen molar-refractivity contribution < 1.29 is 86.0 Å². The molecule has 0 bridgehead atoms. The summed E-state index contributed by atoms with van der Waals surface area (Å²) >= 11 is 0. The Morgan fingerprint density at radius 2 is 0.797 bits per heavy atom. The van der Waals surface area contributed by atoms with Crippen LogP contribution < -0.4 is 20.1 Å². The molecule has 20 heteroatoms. The summed E-state index contributed by atoms with van der Waals surface area (Å²) in [7, 11) is 0. The van der Waals surface area contributed by atoms with Crippen molar-refractivity contribution in [3.8, 4) is 11.5 Å². The van der Waals surface area contributed by atoms with E-state index in [9.17, 15) is 28.8 Å². The largest absolute Gasteiger partial charge is 0.491 e. The van der Waals surface area contributed by atoms with Gasteiger partial charge in [0.05, 0.1) is 92.1 Å². The Balaban J connectivity index is 0.000000393. The maximum absolute atomic E-state index is 12.3. The van der Waals surface area contributed by atoms with Crippen LogP contribution in [-0.2, 0) is 75.0 Å². The summed E-state index contributed by atoms with van der Waals surface area (Å²) in [6.45, 7) is 10.0. The average Bonchev–Trinajstić information content (AvgIpc) is 3.39. The molecule has 2 amide bonds. The lowest BCUT2D eigenvalue weighted by molar-refractivity contribution is -0.153. The maximum Gasteiger partial charge on any atom is 0.325 e. The molecule has 0 radical (unpaired) electrons. The number of aliphatic carboxylic acids is 1. The van der Waals surface area contributed by atoms with Crippen molar-refractivity contribution in [3.05, 3.63) is 131 Å². The molecular weight excluding hydrogens is 965 g/mol. The van der Waals surface area contributed by atoms with Gasteiger partial charge >= 0.3 is 23.9 Å². The number of benzene rings is 4. The Hall–Kier alpha value is -6.94. The normalized spacial score (nSPS) is 10.8. The van der Waals surface area contributed by atoms with Gasteiger partial charge in [-0.05, 0) is 68.3 Å². The summed E-state index contributed by atoms with van der Waals surface area (Å²) in [5.74, 6) is -2.12. The second-order valence-electron chi connectivity index (χ2n) is 16.6. The summed E-state index contributed by atoms with van der Waals surface area (Å²) in [6, 6.07) is 32.1. The minimum Gasteiger partial charge on any atom is -0.491 e. The van der Waals surface area contributed by atoms with Crippen LogP contribution in [-0.4, -0.2) is 152 Å². The average molecular weight is 1040 g/mol. The molecule has 4 aromatic carbocycles. The highest BCUT2D eigenvalue weighted by Crippen LogP contribution is 2.15. The highest BCUT2D eigenvalue weighted by Gasteiger charge is 2.17. The molecule has 4 aromatic rings. The van der Waals surface area contributed by atoms with Crippen molar-refractivity contribution in [2.24, 2.45) is 0 Å². The van der Waals surface area contributed by atoms with Gasteiger partial charge in [0.25, 0.3) is 11.8 Å². The number of hydrogen-bond acceptors (Lipinski definition) is 17. The molecule has 3 N–H and O–H groups in total. The molecule has 4 rings (SSSR count). The van der Waals surface area contributed by atoms with Crippen molar-refractivity contribution in [1.29, 1.82) is 0 Å². The quantitative estimate of drug-likeness (QED) is 0.0294. The molecule has 0 heterocycles. The third-order valence-corrected chi connectivity index (χ3v) is 9.27. The second kappa shape index (κ2) is 37.8. The highest BCUT2D eigenvalue weighted by molar-refractivity contribution is 5.96. The topological polar surface area (TPSA) is 248 Å². The minimum absolute atomic E-state index is 0.186. The van der Waals surface area contributed by atoms with Crippen LogP contribution >= 0.6 is 0 Å². The van der Waals surface area contributed by atoms with Crippen LogP contribution in [0.5, 0.6) is 11.5 Å². The number of carbonyl (C=O) groups is 6. The fourth-order valence-electron chi connectivity index (χ4n) is 5.80. The van der Waals surface area contributed by atoms with Gasteiger partial charge in [-0.1, -0.05) is 72.8 Å². The van der Waals surface area contributed by atoms with Gasteiger partial charge in [-0.25, -0.2) is 0 Å². The standard InChI is InChI=1S/C29H39NO9.C25H31NO9/c1-29(2,3)39-27(32)21-30-28(33)24-10-7-11-25(20-24)37-19-18-36-17-16-35-15-14-34-13-12-26(31)38-22-23-8-5-4-6-9-23;27-23(28)18-26-25(30)21-7-4-8-22(17-21)34-16-15-33-14-13-32-12-11-31-10-9-24(29)35-19-20-5-2-1-3-6-20/h4-11,20H,12-19,21-22H2,1-3H3,(H,30,33);1-8,17H,9-16,18-19H2,(H,26,30)(H,27,28). The van der Waals surface area contributed by atoms with Crippen molar-refractivity contribution >= 4 is 35.7 Å². The molecule has 0 unspecified atom stereocenters. The fourth-order valence-corrected chi connectivity index (χ4v) is 5.80. The molecule has 0 aromatic heterocycles. The van der Waals surface area contributed by atoms with E-state index in [0.717, 1.165) is 11.1 Å². The fraction of sp³-hybridized carbons (Fsp3) is 0.444. The summed E-state index contributed by atoms with van der Waals surface area (Å²) in [6.07, 6.45) is 0.376. The molecule has 0 aliphatic heterocycles. The number of hydrogen-bond donors (Lipinski definition) is 3. The zero-order chi connectivity index (χ0) is 53.5. The Kier molecular flexibility index (Phi) is 31.3. The van der Waals surface area contributed by atoms with Gasteiger partial charge in [0, 0.05) is 11.1 Å². The van der Waals surface area contributed by atoms with Gasteiger partial charge in [-0.3, -0.25) is 28.8 Å². The first-order valence-corrected chi connectivity index (χ1v) is 24.1. The van der Waals surface area contributed by atoms with Gasteiger partial charge in [0.2, 0.25) is 0 Å². The number of nitrogens with one attached hydrogen (secondary N) is 2. The molecule has 404 valence electrons. The summed E-state index contributed by atoms with van der Waals surface area (Å²) in [4.78, 5) is 69.8. The SMILES string of the molecule is CC(C)(C)OC(=O)CNC(=O)c1cccc(OCCOCCOCCOCCC(=O)OCc2ccccc2)c1.O=C(O)CNC(=O)c1cccc(OCCOCCOCCOCCC(=O)OCc2ccccc2)c1. The van der Waals surface area contributed by atoms with E-state index in [1.54, 1.807) is 63.2 Å². The first kappa shape index (κ1) is 61.4. The number of esters is 3. The van der Waals surface area contributed by atoms with E-state index in [4.69, 9.17) is 57.2 Å². The van der Waals surface area contributed by atoms with Gasteiger partial charge in [0.1, 0.15) is 56.6 Å². The van der Waals surface area contributed by atoms with Crippen LogP contribution in [0.3, 0.4) is 0 Å². The van der Waals surface area contributed by atoms with Crippen molar-refractivity contribution in [3.63, 3.8) is 0 Å². The van der Waals surface area contributed by atoms with E-state index in [1.165, 1.54) is 6.07 Å². The van der Waals surface area contributed by atoms with Gasteiger partial charge in [-0.2, -0.15) is 0 Å². The zero-order valence-corrected chi connectivity index (χ0v) is 42.4. The molecule has 0 atom stereocenters. The third kappa shape index (κ3) is 31.5. The van der Waals surface area contributed by atoms with Crippen LogP contribution in [0.2, 0.25) is 0 Å². The van der Waals surface area contributed by atoms with Gasteiger partial charge in [-0.15, -0.1) is 0 Å². The lowest BCUT2D eigenvalue weighted by Gasteiger charge is -2.19. The summed E-state index contributed by atoms with van der Waals surface area (Å²) in [5, 5.41) is 13.4. The summed E-state index contributed by atoms with van der Waals surface area (Å²) < 4.78 is 59.2. The van der Waals surface area contributed by atoms with Gasteiger partial charge in [0.15, 0.2) is 0 Å². The van der Waals surface area contributed by atoms with Crippen LogP contribution in [0.15, 0.2) is 109 Å². The molecule has 0 aliphatic rings. The number of rotatable bonds is 36. The smallest absolute Gasteiger partial charge is 0.325 e. The molecule has 0 saturated heterocycles. The van der Waals surface area contributed by atoms with Crippen molar-refractivity contribution in [2.45, 2.75) is 52.4 Å². The first-order valence-electron chi connectivity index (χ1n) is 24.1. The highest BCUT2D eigenvalue weighted by atomic mass is 16.6. The van der Waals surface area contributed by atoms with E-state index >= 15 is 0 Å². The number of amides is 2. The van der Waals surface area contributed by atoms with E-state index in [2.05, 4.69) is 10.6 Å². The first-order chi connectivity index (χ1) is 35.8. The Morgan fingerprint density at radius 1 is 0.432 bits per heavy atom. The molecule has 0 spiro atoms. The molecule has 0 fully saturated rings. The van der Waals surface area contributed by atoms with Crippen LogP contribution in [0.4, 0.5) is 0 Å². The van der Waals surface area contributed by atoms with E-state index in [-0.39, 0.29) is 64.4 Å². The Labute approximate surface area is 432 Å². The lowest BCUT2D eigenvalue weighted by atomic mass is 10.2. The molecular formula is C54H70N2O18. The van der Waals surface area contributed by atoms with Crippen LogP contribution in [0.25, 0.3) is 0 Å². The lowest BCUT2D eigenvalue weighted by Crippen LogP contribution is -2.34. The molecule has 0 saturated carbocycles. The van der Waals surface area contributed by atoms with Crippen molar-refractivity contribution in [2.75, 3.05) is 106 Å². The zero-order valence-electron chi connectivity index (χ0n) is 42.4. The molecule has 74 heavy (non-hydrogen) atoms. The number of carboxylic acid groups (broad SMARTS) is 1. The minimum atomic E-state index is -1.11. The Bertz CT molecular complexity index is 2220. The third-order valence-electron chi connectivity index (χ3n) is 9.27. The maximum atomic E-state index is 12.3. The number of carbonyl (C=O) groups excluding carboxylic acids is 5. The van der Waals surface area contributed by atoms with Gasteiger partial charge < -0.3 is 67.8 Å².